The molecule has 0 aliphatic rings. The van der Waals surface area contributed by atoms with E-state index in [1.165, 1.54) is 77.6 Å². The van der Waals surface area contributed by atoms with Gasteiger partial charge in [0.15, 0.2) is 0 Å². The van der Waals surface area contributed by atoms with Gasteiger partial charge in [0.05, 0.1) is 0 Å². The van der Waals surface area contributed by atoms with E-state index in [-0.39, 0.29) is 5.78 Å². The van der Waals surface area contributed by atoms with Crippen LogP contribution in [0.5, 0.6) is 0 Å². The van der Waals surface area contributed by atoms with E-state index in [4.69, 9.17) is 5.11 Å². The quantitative estimate of drug-likeness (QED) is 0.169. The maximum absolute atomic E-state index is 11.2. The van der Waals surface area contributed by atoms with Gasteiger partial charge in [-0.2, -0.15) is 0 Å². The SMILES string of the molecule is CCCCCCCCC=CCCCCCCCCC(C(C)=O)C(=O)O. The van der Waals surface area contributed by atoms with Crippen LogP contribution < -0.4 is 0 Å². The maximum atomic E-state index is 11.2. The molecule has 0 amide bonds. The first kappa shape index (κ1) is 23.9. The number of hydrogen-bond donors (Lipinski definition) is 1. The lowest BCUT2D eigenvalue weighted by molar-refractivity contribution is -0.146. The molecule has 0 spiro atoms. The summed E-state index contributed by atoms with van der Waals surface area (Å²) in [6.07, 6.45) is 22.5. The van der Waals surface area contributed by atoms with Gasteiger partial charge in [0.1, 0.15) is 11.7 Å². The number of carbonyl (C=O) groups excluding carboxylic acids is 1. The molecule has 0 rings (SSSR count). The zero-order valence-corrected chi connectivity index (χ0v) is 16.6. The van der Waals surface area contributed by atoms with Gasteiger partial charge in [-0.1, -0.05) is 83.3 Å². The molecule has 0 aromatic heterocycles. The van der Waals surface area contributed by atoms with Crippen LogP contribution in [0.1, 0.15) is 110 Å². The number of unbranched alkanes of at least 4 members (excludes halogenated alkanes) is 12. The molecule has 0 aliphatic carbocycles. The third kappa shape index (κ3) is 16.1. The van der Waals surface area contributed by atoms with Gasteiger partial charge in [-0.25, -0.2) is 0 Å². The number of carboxylic acids is 1. The fraction of sp³-hybridized carbons (Fsp3) is 0.818. The Kier molecular flexibility index (Phi) is 16.9. The van der Waals surface area contributed by atoms with Gasteiger partial charge in [0.25, 0.3) is 0 Å². The van der Waals surface area contributed by atoms with Crippen molar-refractivity contribution >= 4 is 11.8 Å². The molecule has 0 radical (unpaired) electrons. The van der Waals surface area contributed by atoms with Crippen molar-refractivity contribution in [2.45, 2.75) is 110 Å². The second-order valence-electron chi connectivity index (χ2n) is 7.23. The summed E-state index contributed by atoms with van der Waals surface area (Å²) in [4.78, 5) is 22.1. The van der Waals surface area contributed by atoms with E-state index < -0.39 is 11.9 Å². The van der Waals surface area contributed by atoms with Crippen LogP contribution in [0.2, 0.25) is 0 Å². The normalized spacial score (nSPS) is 12.6. The minimum atomic E-state index is -0.972. The molecule has 0 saturated carbocycles. The summed E-state index contributed by atoms with van der Waals surface area (Å²) < 4.78 is 0. The highest BCUT2D eigenvalue weighted by Gasteiger charge is 2.21. The van der Waals surface area contributed by atoms with Gasteiger partial charge in [-0.05, 0) is 39.0 Å². The molecule has 0 fully saturated rings. The topological polar surface area (TPSA) is 54.4 Å². The van der Waals surface area contributed by atoms with Crippen LogP contribution in [0, 0.1) is 5.92 Å². The summed E-state index contributed by atoms with van der Waals surface area (Å²) in [6.45, 7) is 3.63. The first-order valence-corrected chi connectivity index (χ1v) is 10.5. The van der Waals surface area contributed by atoms with E-state index in [2.05, 4.69) is 19.1 Å². The highest BCUT2D eigenvalue weighted by atomic mass is 16.4. The lowest BCUT2D eigenvalue weighted by atomic mass is 9.97. The number of Topliss-reactive ketones (excluding diaryl/α,β-unsaturated/α-hetero) is 1. The second kappa shape index (κ2) is 17.7. The second-order valence-corrected chi connectivity index (χ2v) is 7.23. The van der Waals surface area contributed by atoms with Crippen LogP contribution >= 0.6 is 0 Å². The van der Waals surface area contributed by atoms with Crippen LogP contribution in [-0.4, -0.2) is 16.9 Å². The molecular formula is C22H40O3. The van der Waals surface area contributed by atoms with Crippen LogP contribution in [0.4, 0.5) is 0 Å². The smallest absolute Gasteiger partial charge is 0.314 e. The Morgan fingerprint density at radius 3 is 1.64 bits per heavy atom. The average Bonchev–Trinajstić information content (AvgIpc) is 2.57. The molecule has 146 valence electrons. The van der Waals surface area contributed by atoms with Crippen molar-refractivity contribution in [1.82, 2.24) is 0 Å². The minimum absolute atomic E-state index is 0.222. The first-order chi connectivity index (χ1) is 12.1. The summed E-state index contributed by atoms with van der Waals surface area (Å²) in [5.74, 6) is -1.99. The van der Waals surface area contributed by atoms with Crippen molar-refractivity contribution in [2.24, 2.45) is 5.92 Å². The molecule has 3 heteroatoms. The van der Waals surface area contributed by atoms with E-state index in [0.717, 1.165) is 19.3 Å². The Balaban J connectivity index is 3.32. The molecule has 3 nitrogen and oxygen atoms in total. The summed E-state index contributed by atoms with van der Waals surface area (Å²) >= 11 is 0. The van der Waals surface area contributed by atoms with Crippen molar-refractivity contribution in [3.05, 3.63) is 12.2 Å². The summed E-state index contributed by atoms with van der Waals surface area (Å²) in [7, 11) is 0. The summed E-state index contributed by atoms with van der Waals surface area (Å²) in [5.41, 5.74) is 0. The largest absolute Gasteiger partial charge is 0.481 e. The van der Waals surface area contributed by atoms with Crippen molar-refractivity contribution in [2.75, 3.05) is 0 Å². The fourth-order valence-electron chi connectivity index (χ4n) is 3.10. The molecular weight excluding hydrogens is 312 g/mol. The first-order valence-electron chi connectivity index (χ1n) is 10.5. The van der Waals surface area contributed by atoms with Gasteiger partial charge in [-0.3, -0.25) is 9.59 Å². The number of carbonyl (C=O) groups is 2. The van der Waals surface area contributed by atoms with Gasteiger partial charge < -0.3 is 5.11 Å². The average molecular weight is 353 g/mol. The van der Waals surface area contributed by atoms with E-state index in [1.807, 2.05) is 0 Å². The predicted octanol–water partition coefficient (Wildman–Crippen LogP) is 6.70. The number of ketones is 1. The molecule has 25 heavy (non-hydrogen) atoms. The molecule has 0 aliphatic heterocycles. The number of rotatable bonds is 18. The summed E-state index contributed by atoms with van der Waals surface area (Å²) in [6, 6.07) is 0. The van der Waals surface area contributed by atoms with E-state index in [1.54, 1.807) is 0 Å². The number of allylic oxidation sites excluding steroid dienone is 2. The molecule has 0 heterocycles. The van der Waals surface area contributed by atoms with Crippen molar-refractivity contribution in [1.29, 1.82) is 0 Å². The number of aliphatic carboxylic acids is 1. The van der Waals surface area contributed by atoms with Gasteiger partial charge >= 0.3 is 5.97 Å². The molecule has 0 aromatic rings. The van der Waals surface area contributed by atoms with Crippen molar-refractivity contribution in [3.8, 4) is 0 Å². The standard InChI is InChI=1S/C22H40O3/c1-3-4-5-6-7-8-9-10-11-12-13-14-15-16-17-18-19-21(20(2)23)22(24)25/h10-11,21H,3-9,12-19H2,1-2H3,(H,24,25). The Morgan fingerprint density at radius 2 is 1.20 bits per heavy atom. The molecule has 0 bridgehead atoms. The molecule has 0 saturated heterocycles. The summed E-state index contributed by atoms with van der Waals surface area (Å²) in [5, 5.41) is 8.94. The van der Waals surface area contributed by atoms with E-state index in [0.29, 0.717) is 6.42 Å². The Labute approximate surface area is 155 Å². The van der Waals surface area contributed by atoms with Gasteiger partial charge in [0.2, 0.25) is 0 Å². The Bertz CT molecular complexity index is 346. The molecule has 1 atom stereocenters. The predicted molar refractivity (Wildman–Crippen MR) is 106 cm³/mol. The van der Waals surface area contributed by atoms with Crippen LogP contribution in [-0.2, 0) is 9.59 Å². The highest BCUT2D eigenvalue weighted by molar-refractivity contribution is 5.96. The third-order valence-corrected chi connectivity index (χ3v) is 4.79. The Hall–Kier alpha value is -1.12. The monoisotopic (exact) mass is 352 g/mol. The van der Waals surface area contributed by atoms with Gasteiger partial charge in [0, 0.05) is 0 Å². The lowest BCUT2D eigenvalue weighted by Gasteiger charge is -2.07. The highest BCUT2D eigenvalue weighted by Crippen LogP contribution is 2.14. The third-order valence-electron chi connectivity index (χ3n) is 4.79. The fourth-order valence-corrected chi connectivity index (χ4v) is 3.10. The van der Waals surface area contributed by atoms with Crippen LogP contribution in [0.25, 0.3) is 0 Å². The zero-order chi connectivity index (χ0) is 18.8. The molecule has 1 N–H and O–H groups in total. The minimum Gasteiger partial charge on any atom is -0.481 e. The number of carboxylic acid groups (broad SMARTS) is 1. The van der Waals surface area contributed by atoms with Crippen LogP contribution in [0.3, 0.4) is 0 Å². The number of hydrogen-bond acceptors (Lipinski definition) is 2. The van der Waals surface area contributed by atoms with Crippen molar-refractivity contribution < 1.29 is 14.7 Å². The Morgan fingerprint density at radius 1 is 0.760 bits per heavy atom. The van der Waals surface area contributed by atoms with Gasteiger partial charge in [-0.15, -0.1) is 0 Å². The van der Waals surface area contributed by atoms with Crippen LogP contribution in [0.15, 0.2) is 12.2 Å². The zero-order valence-electron chi connectivity index (χ0n) is 16.6. The van der Waals surface area contributed by atoms with E-state index >= 15 is 0 Å². The molecule has 1 unspecified atom stereocenters. The maximum Gasteiger partial charge on any atom is 0.314 e. The lowest BCUT2D eigenvalue weighted by Crippen LogP contribution is -2.21. The van der Waals surface area contributed by atoms with E-state index in [9.17, 15) is 9.59 Å². The molecule has 0 aromatic carbocycles. The van der Waals surface area contributed by atoms with Crippen molar-refractivity contribution in [3.63, 3.8) is 0 Å².